The Morgan fingerprint density at radius 2 is 2.27 bits per heavy atom. The van der Waals surface area contributed by atoms with Gasteiger partial charge in [0.1, 0.15) is 0 Å². The number of β-amino-alcohol motifs (C(OH)–C–C–N with tert-alkyl or cyclic N) is 1. The first-order valence-electron chi connectivity index (χ1n) is 4.27. The number of rotatable bonds is 3. The number of carbonyl (C=O) groups excluding carboxylic acids is 3. The van der Waals surface area contributed by atoms with E-state index in [1.807, 2.05) is 0 Å². The second-order valence-corrected chi connectivity index (χ2v) is 3.40. The Hall–Kier alpha value is -1.63. The minimum absolute atomic E-state index is 0.115. The lowest BCUT2D eigenvalue weighted by Crippen LogP contribution is -2.49. The Morgan fingerprint density at radius 1 is 1.67 bits per heavy atom. The first-order chi connectivity index (χ1) is 6.88. The second kappa shape index (κ2) is 3.85. The SMILES string of the molecule is COC(=O)C(C)(O)CN1C(=O)CNC1=O. The second-order valence-electron chi connectivity index (χ2n) is 3.40. The van der Waals surface area contributed by atoms with Crippen LogP contribution < -0.4 is 5.32 Å². The fraction of sp³-hybridized carbons (Fsp3) is 0.625. The lowest BCUT2D eigenvalue weighted by Gasteiger charge is -2.24. The molecule has 7 heteroatoms. The predicted molar refractivity (Wildman–Crippen MR) is 47.8 cm³/mol. The minimum Gasteiger partial charge on any atom is -0.467 e. The Bertz CT molecular complexity index is 296. The molecule has 1 aliphatic rings. The first kappa shape index (κ1) is 11.4. The van der Waals surface area contributed by atoms with E-state index in [9.17, 15) is 19.5 Å². The van der Waals surface area contributed by atoms with Crippen LogP contribution in [0.4, 0.5) is 4.79 Å². The first-order valence-corrected chi connectivity index (χ1v) is 4.27. The number of imide groups is 1. The van der Waals surface area contributed by atoms with E-state index in [0.29, 0.717) is 0 Å². The maximum atomic E-state index is 11.2. The van der Waals surface area contributed by atoms with Crippen LogP contribution in [0.25, 0.3) is 0 Å². The van der Waals surface area contributed by atoms with E-state index in [0.717, 1.165) is 12.0 Å². The lowest BCUT2D eigenvalue weighted by molar-refractivity contribution is -0.162. The number of methoxy groups -OCH3 is 1. The fourth-order valence-electron chi connectivity index (χ4n) is 1.21. The number of urea groups is 1. The van der Waals surface area contributed by atoms with E-state index < -0.39 is 30.1 Å². The van der Waals surface area contributed by atoms with Gasteiger partial charge in [0.25, 0.3) is 0 Å². The summed E-state index contributed by atoms with van der Waals surface area (Å²) in [6.07, 6.45) is 0. The smallest absolute Gasteiger partial charge is 0.339 e. The zero-order valence-electron chi connectivity index (χ0n) is 8.44. The molecule has 0 radical (unpaired) electrons. The van der Waals surface area contributed by atoms with Crippen molar-refractivity contribution < 1.29 is 24.2 Å². The quantitative estimate of drug-likeness (QED) is 0.440. The summed E-state index contributed by atoms with van der Waals surface area (Å²) in [6, 6.07) is -0.621. The highest BCUT2D eigenvalue weighted by atomic mass is 16.5. The topological polar surface area (TPSA) is 95.9 Å². The number of nitrogens with one attached hydrogen (secondary N) is 1. The third kappa shape index (κ3) is 2.24. The van der Waals surface area contributed by atoms with Crippen LogP contribution in [0.5, 0.6) is 0 Å². The van der Waals surface area contributed by atoms with E-state index in [1.165, 1.54) is 6.92 Å². The molecule has 0 saturated carbocycles. The third-order valence-corrected chi connectivity index (χ3v) is 2.03. The molecule has 0 aromatic rings. The van der Waals surface area contributed by atoms with Gasteiger partial charge in [-0.1, -0.05) is 0 Å². The molecule has 0 aliphatic carbocycles. The zero-order valence-corrected chi connectivity index (χ0v) is 8.44. The Labute approximate surface area is 86.0 Å². The normalized spacial score (nSPS) is 19.8. The molecular weight excluding hydrogens is 204 g/mol. The molecule has 1 atom stereocenters. The van der Waals surface area contributed by atoms with E-state index >= 15 is 0 Å². The van der Waals surface area contributed by atoms with Gasteiger partial charge in [0.05, 0.1) is 20.2 Å². The average Bonchev–Trinajstić information content (AvgIpc) is 2.47. The third-order valence-electron chi connectivity index (χ3n) is 2.03. The van der Waals surface area contributed by atoms with Crippen molar-refractivity contribution in [3.8, 4) is 0 Å². The van der Waals surface area contributed by atoms with E-state index in [1.54, 1.807) is 0 Å². The molecule has 0 spiro atoms. The van der Waals surface area contributed by atoms with Crippen molar-refractivity contribution >= 4 is 17.9 Å². The number of ether oxygens (including phenoxy) is 1. The molecule has 7 nitrogen and oxygen atoms in total. The Morgan fingerprint density at radius 3 is 2.67 bits per heavy atom. The van der Waals surface area contributed by atoms with Crippen LogP contribution in [0, 0.1) is 0 Å². The van der Waals surface area contributed by atoms with Gasteiger partial charge in [0, 0.05) is 0 Å². The van der Waals surface area contributed by atoms with Crippen LogP contribution in [0.15, 0.2) is 0 Å². The maximum absolute atomic E-state index is 11.2. The fourth-order valence-corrected chi connectivity index (χ4v) is 1.21. The van der Waals surface area contributed by atoms with Crippen LogP contribution in [0.1, 0.15) is 6.92 Å². The summed E-state index contributed by atoms with van der Waals surface area (Å²) >= 11 is 0. The highest BCUT2D eigenvalue weighted by Crippen LogP contribution is 2.11. The van der Waals surface area contributed by atoms with Crippen LogP contribution in [-0.2, 0) is 14.3 Å². The molecule has 84 valence electrons. The summed E-state index contributed by atoms with van der Waals surface area (Å²) in [6.45, 7) is 0.651. The van der Waals surface area contributed by atoms with Crippen LogP contribution >= 0.6 is 0 Å². The van der Waals surface area contributed by atoms with E-state index in [2.05, 4.69) is 10.1 Å². The van der Waals surface area contributed by atoms with E-state index in [4.69, 9.17) is 0 Å². The van der Waals surface area contributed by atoms with Gasteiger partial charge in [-0.2, -0.15) is 0 Å². The van der Waals surface area contributed by atoms with Crippen molar-refractivity contribution in [3.05, 3.63) is 0 Å². The number of carbonyl (C=O) groups is 3. The summed E-state index contributed by atoms with van der Waals surface area (Å²) in [5.74, 6) is -1.38. The van der Waals surface area contributed by atoms with Crippen molar-refractivity contribution in [2.45, 2.75) is 12.5 Å². The number of aliphatic hydroxyl groups is 1. The van der Waals surface area contributed by atoms with E-state index in [-0.39, 0.29) is 6.54 Å². The summed E-state index contributed by atoms with van der Waals surface area (Å²) in [7, 11) is 1.11. The van der Waals surface area contributed by atoms with Gasteiger partial charge in [-0.3, -0.25) is 9.69 Å². The van der Waals surface area contributed by atoms with Crippen molar-refractivity contribution in [1.82, 2.24) is 10.2 Å². The van der Waals surface area contributed by atoms with Gasteiger partial charge in [-0.25, -0.2) is 9.59 Å². The molecule has 1 saturated heterocycles. The molecule has 3 amide bonds. The molecule has 1 rings (SSSR count). The summed E-state index contributed by atoms with van der Waals surface area (Å²) in [5, 5.41) is 11.9. The van der Waals surface area contributed by atoms with Crippen molar-refractivity contribution in [2.24, 2.45) is 0 Å². The molecule has 15 heavy (non-hydrogen) atoms. The maximum Gasteiger partial charge on any atom is 0.339 e. The standard InChI is InChI=1S/C8H12N2O5/c1-8(14,6(12)15-2)4-10-5(11)3-9-7(10)13/h14H,3-4H2,1-2H3,(H,9,13). The molecule has 0 bridgehead atoms. The molecular formula is C8H12N2O5. The molecule has 0 aromatic heterocycles. The van der Waals surface area contributed by atoms with Gasteiger partial charge in [-0.05, 0) is 6.92 Å². The number of esters is 1. The number of nitrogens with zero attached hydrogens (tertiary/aromatic N) is 1. The highest BCUT2D eigenvalue weighted by Gasteiger charge is 2.40. The Balaban J connectivity index is 2.72. The average molecular weight is 216 g/mol. The zero-order chi connectivity index (χ0) is 11.6. The van der Waals surface area contributed by atoms with Crippen molar-refractivity contribution in [1.29, 1.82) is 0 Å². The van der Waals surface area contributed by atoms with Crippen molar-refractivity contribution in [3.63, 3.8) is 0 Å². The highest BCUT2D eigenvalue weighted by molar-refractivity contribution is 6.02. The largest absolute Gasteiger partial charge is 0.467 e. The van der Waals surface area contributed by atoms with Gasteiger partial charge in [0.2, 0.25) is 5.91 Å². The molecule has 1 aliphatic heterocycles. The minimum atomic E-state index is -1.88. The summed E-state index contributed by atoms with van der Waals surface area (Å²) in [4.78, 5) is 34.1. The molecule has 2 N–H and O–H groups in total. The molecule has 0 aromatic carbocycles. The predicted octanol–water partition coefficient (Wildman–Crippen LogP) is -1.54. The van der Waals surface area contributed by atoms with Gasteiger partial charge in [0.15, 0.2) is 5.60 Å². The van der Waals surface area contributed by atoms with Crippen LogP contribution in [0.3, 0.4) is 0 Å². The lowest BCUT2D eigenvalue weighted by atomic mass is 10.1. The van der Waals surface area contributed by atoms with Gasteiger partial charge >= 0.3 is 12.0 Å². The molecule has 1 fully saturated rings. The summed E-state index contributed by atoms with van der Waals surface area (Å²) in [5.41, 5.74) is -1.88. The van der Waals surface area contributed by atoms with Crippen LogP contribution in [0.2, 0.25) is 0 Å². The number of hydrogen-bond donors (Lipinski definition) is 2. The van der Waals surface area contributed by atoms with Crippen molar-refractivity contribution in [2.75, 3.05) is 20.2 Å². The van der Waals surface area contributed by atoms with Gasteiger partial charge < -0.3 is 15.2 Å². The Kier molecular flexibility index (Phi) is 2.94. The summed E-state index contributed by atoms with van der Waals surface area (Å²) < 4.78 is 4.34. The van der Waals surface area contributed by atoms with Crippen LogP contribution in [-0.4, -0.2) is 53.7 Å². The number of amides is 3. The van der Waals surface area contributed by atoms with Gasteiger partial charge in [-0.15, -0.1) is 0 Å². The number of hydrogen-bond acceptors (Lipinski definition) is 5. The molecule has 1 heterocycles. The monoisotopic (exact) mass is 216 g/mol. The molecule has 1 unspecified atom stereocenters.